The molecule has 1 unspecified atom stereocenters. The molecule has 0 bridgehead atoms. The topological polar surface area (TPSA) is 102 Å². The van der Waals surface area contributed by atoms with E-state index in [1.165, 1.54) is 8.61 Å². The third-order valence-electron chi connectivity index (χ3n) is 4.33. The van der Waals surface area contributed by atoms with Gasteiger partial charge in [0.25, 0.3) is 0 Å². The number of hydrogen-bond acceptors (Lipinski definition) is 7. The van der Waals surface area contributed by atoms with Crippen molar-refractivity contribution >= 4 is 17.5 Å². The van der Waals surface area contributed by atoms with Crippen LogP contribution >= 0.6 is 0 Å². The second kappa shape index (κ2) is 11.0. The van der Waals surface area contributed by atoms with Crippen molar-refractivity contribution in [2.24, 2.45) is 0 Å². The maximum absolute atomic E-state index is 12.3. The highest BCUT2D eigenvalue weighted by atomic mass is 32.2. The van der Waals surface area contributed by atoms with E-state index < -0.39 is 17.5 Å². The largest absolute Gasteiger partial charge is 0.578 e. The van der Waals surface area contributed by atoms with Crippen LogP contribution in [0, 0.1) is 0 Å². The summed E-state index contributed by atoms with van der Waals surface area (Å²) in [5, 5.41) is 9.07. The third kappa shape index (κ3) is 6.83. The highest BCUT2D eigenvalue weighted by molar-refractivity contribution is 7.86. The van der Waals surface area contributed by atoms with Crippen LogP contribution in [0.5, 0.6) is 5.75 Å². The number of carboxylic acids is 1. The van der Waals surface area contributed by atoms with Gasteiger partial charge in [0.2, 0.25) is 5.89 Å². The van der Waals surface area contributed by atoms with Crippen LogP contribution in [-0.2, 0) is 29.3 Å². The summed E-state index contributed by atoms with van der Waals surface area (Å²) < 4.78 is 26.4. The van der Waals surface area contributed by atoms with E-state index in [9.17, 15) is 9.35 Å². The molecule has 2 aromatic carbocycles. The van der Waals surface area contributed by atoms with Gasteiger partial charge in [-0.15, -0.1) is 4.31 Å². The minimum absolute atomic E-state index is 0.249. The van der Waals surface area contributed by atoms with Crippen LogP contribution in [0.25, 0.3) is 11.5 Å². The molecule has 3 aromatic rings. The number of benzene rings is 2. The van der Waals surface area contributed by atoms with Crippen LogP contribution in [-0.4, -0.2) is 56.5 Å². The molecule has 3 rings (SSSR count). The lowest BCUT2D eigenvalue weighted by molar-refractivity contribution is -0.137. The van der Waals surface area contributed by atoms with Gasteiger partial charge in [0.1, 0.15) is 30.1 Å². The molecule has 1 atom stereocenters. The first-order chi connectivity index (χ1) is 14.9. The van der Waals surface area contributed by atoms with Crippen LogP contribution in [0.2, 0.25) is 0 Å². The molecule has 0 spiro atoms. The van der Waals surface area contributed by atoms with Crippen molar-refractivity contribution in [3.63, 3.8) is 0 Å². The zero-order chi connectivity index (χ0) is 22.2. The van der Waals surface area contributed by atoms with Crippen LogP contribution in [0.1, 0.15) is 11.3 Å². The van der Waals surface area contributed by atoms with E-state index in [0.717, 1.165) is 16.8 Å². The molecule has 0 radical (unpaired) electrons. The van der Waals surface area contributed by atoms with Gasteiger partial charge < -0.3 is 18.8 Å². The fraction of sp³-hybridized carbons (Fsp3) is 0.273. The van der Waals surface area contributed by atoms with Gasteiger partial charge in [-0.2, -0.15) is 0 Å². The summed E-state index contributed by atoms with van der Waals surface area (Å²) in [7, 11) is 3.28. The summed E-state index contributed by atoms with van der Waals surface area (Å²) >= 11 is -1.54. The summed E-state index contributed by atoms with van der Waals surface area (Å²) in [6, 6.07) is 17.0. The molecule has 1 aromatic heterocycles. The van der Waals surface area contributed by atoms with E-state index in [-0.39, 0.29) is 13.1 Å². The quantitative estimate of drug-likeness (QED) is 0.451. The Morgan fingerprint density at radius 3 is 2.52 bits per heavy atom. The maximum Gasteiger partial charge on any atom is 0.322 e. The molecule has 0 amide bonds. The summed E-state index contributed by atoms with van der Waals surface area (Å²) in [6.07, 6.45) is 2.24. The predicted molar refractivity (Wildman–Crippen MR) is 117 cm³/mol. The van der Waals surface area contributed by atoms with Gasteiger partial charge in [0.05, 0.1) is 18.8 Å². The normalized spacial score (nSPS) is 12.3. The Bertz CT molecular complexity index is 963. The van der Waals surface area contributed by atoms with Gasteiger partial charge >= 0.3 is 5.97 Å². The number of ether oxygens (including phenoxy) is 1. The molecule has 8 nitrogen and oxygen atoms in total. The molecule has 1 heterocycles. The Morgan fingerprint density at radius 2 is 1.87 bits per heavy atom. The molecule has 9 heteroatoms. The Kier molecular flexibility index (Phi) is 8.07. The van der Waals surface area contributed by atoms with Crippen molar-refractivity contribution < 1.29 is 23.6 Å². The summed E-state index contributed by atoms with van der Waals surface area (Å²) in [5.74, 6) is 0.244. The van der Waals surface area contributed by atoms with Gasteiger partial charge in [-0.1, -0.05) is 34.6 Å². The monoisotopic (exact) mass is 443 g/mol. The molecule has 31 heavy (non-hydrogen) atoms. The minimum atomic E-state index is -1.54. The Labute approximate surface area is 184 Å². The molecule has 0 saturated heterocycles. The summed E-state index contributed by atoms with van der Waals surface area (Å²) in [6.45, 7) is 0.375. The van der Waals surface area contributed by atoms with Gasteiger partial charge in [-0.05, 0) is 29.8 Å². The fourth-order valence-corrected chi connectivity index (χ4v) is 3.79. The second-order valence-corrected chi connectivity index (χ2v) is 8.70. The maximum atomic E-state index is 12.3. The van der Waals surface area contributed by atoms with Crippen molar-refractivity contribution in [2.45, 2.75) is 13.0 Å². The number of carbonyl (C=O) groups is 1. The van der Waals surface area contributed by atoms with E-state index in [1.54, 1.807) is 20.4 Å². The fourth-order valence-electron chi connectivity index (χ4n) is 2.85. The van der Waals surface area contributed by atoms with Gasteiger partial charge in [-0.25, -0.2) is 4.98 Å². The van der Waals surface area contributed by atoms with Crippen molar-refractivity contribution in [3.05, 3.63) is 72.1 Å². The lowest BCUT2D eigenvalue weighted by Crippen LogP contribution is -2.42. The SMILES string of the molecule is CN(C)[S+]([O-])N(CC(=O)O)Cc1ccc(OCCc2coc(-c3ccccc3)n2)cc1. The smallest absolute Gasteiger partial charge is 0.322 e. The number of rotatable bonds is 11. The molecule has 0 aliphatic heterocycles. The second-order valence-electron chi connectivity index (χ2n) is 6.99. The third-order valence-corrected chi connectivity index (χ3v) is 5.65. The average Bonchev–Trinajstić information content (AvgIpc) is 3.23. The highest BCUT2D eigenvalue weighted by Gasteiger charge is 2.25. The summed E-state index contributed by atoms with van der Waals surface area (Å²) in [5.41, 5.74) is 2.58. The molecular formula is C22H25N3O5S. The average molecular weight is 444 g/mol. The van der Waals surface area contributed by atoms with Crippen molar-refractivity contribution in [1.82, 2.24) is 13.6 Å². The van der Waals surface area contributed by atoms with Crippen LogP contribution < -0.4 is 4.74 Å². The number of hydrogen-bond donors (Lipinski definition) is 1. The Balaban J connectivity index is 1.51. The van der Waals surface area contributed by atoms with Crippen molar-refractivity contribution in [1.29, 1.82) is 0 Å². The summed E-state index contributed by atoms with van der Waals surface area (Å²) in [4.78, 5) is 15.6. The Hall–Kier alpha value is -2.85. The lowest BCUT2D eigenvalue weighted by Gasteiger charge is -2.25. The molecular weight excluding hydrogens is 418 g/mol. The molecule has 0 saturated carbocycles. The van der Waals surface area contributed by atoms with E-state index in [1.807, 2.05) is 54.6 Å². The lowest BCUT2D eigenvalue weighted by atomic mass is 10.2. The number of carboxylic acid groups (broad SMARTS) is 1. The van der Waals surface area contributed by atoms with Crippen molar-refractivity contribution in [3.8, 4) is 17.2 Å². The molecule has 0 aliphatic carbocycles. The first kappa shape index (κ1) is 22.8. The number of aliphatic carboxylic acids is 1. The molecule has 164 valence electrons. The zero-order valence-corrected chi connectivity index (χ0v) is 18.2. The number of aromatic nitrogens is 1. The zero-order valence-electron chi connectivity index (χ0n) is 17.4. The molecule has 1 N–H and O–H groups in total. The first-order valence-electron chi connectivity index (χ1n) is 9.70. The van der Waals surface area contributed by atoms with E-state index >= 15 is 0 Å². The predicted octanol–water partition coefficient (Wildman–Crippen LogP) is 2.99. The van der Waals surface area contributed by atoms with Crippen LogP contribution in [0.3, 0.4) is 0 Å². The van der Waals surface area contributed by atoms with Gasteiger partial charge in [0.15, 0.2) is 0 Å². The highest BCUT2D eigenvalue weighted by Crippen LogP contribution is 2.19. The number of oxazole rings is 1. The van der Waals surface area contributed by atoms with E-state index in [0.29, 0.717) is 24.7 Å². The van der Waals surface area contributed by atoms with E-state index in [4.69, 9.17) is 14.3 Å². The molecule has 0 aliphatic rings. The van der Waals surface area contributed by atoms with Crippen LogP contribution in [0.15, 0.2) is 65.3 Å². The van der Waals surface area contributed by atoms with Gasteiger partial charge in [-0.3, -0.25) is 4.79 Å². The first-order valence-corrected chi connectivity index (χ1v) is 10.8. The van der Waals surface area contributed by atoms with Gasteiger partial charge in [0, 0.05) is 26.1 Å². The Morgan fingerprint density at radius 1 is 1.16 bits per heavy atom. The standard InChI is InChI=1S/C22H25N3O5S/c1-24(2)31(28)25(15-21(26)27)14-17-8-10-20(11-9-17)29-13-12-19-16-30-22(23-19)18-6-4-3-5-7-18/h3-11,16H,12-15H2,1-2H3,(H,26,27). The molecule has 0 fully saturated rings. The van der Waals surface area contributed by atoms with Crippen LogP contribution in [0.4, 0.5) is 0 Å². The number of nitrogens with zero attached hydrogens (tertiary/aromatic N) is 3. The van der Waals surface area contributed by atoms with E-state index in [2.05, 4.69) is 4.98 Å². The minimum Gasteiger partial charge on any atom is -0.578 e. The van der Waals surface area contributed by atoms with Crippen molar-refractivity contribution in [2.75, 3.05) is 27.2 Å².